The molecule has 0 bridgehead atoms. The minimum atomic E-state index is -0.306. The molecule has 1 aliphatic rings. The molecule has 0 atom stereocenters. The van der Waals surface area contributed by atoms with Crippen LogP contribution in [-0.4, -0.2) is 41.7 Å². The Labute approximate surface area is 201 Å². The molecule has 0 saturated heterocycles. The van der Waals surface area contributed by atoms with E-state index in [0.29, 0.717) is 29.7 Å². The molecule has 0 unspecified atom stereocenters. The quantitative estimate of drug-likeness (QED) is 0.395. The molecule has 34 heavy (non-hydrogen) atoms. The number of thioether (sulfide) groups is 1. The van der Waals surface area contributed by atoms with Gasteiger partial charge in [-0.05, 0) is 35.4 Å². The second kappa shape index (κ2) is 10.9. The minimum Gasteiger partial charge on any atom is -0.378 e. The fourth-order valence-corrected chi connectivity index (χ4v) is 4.06. The fraction of sp³-hybridized carbons (Fsp3) is 0.208. The summed E-state index contributed by atoms with van der Waals surface area (Å²) >= 11 is 1.17. The topological polar surface area (TPSA) is 101 Å². The number of amides is 2. The van der Waals surface area contributed by atoms with Crippen molar-refractivity contribution >= 4 is 46.4 Å². The molecule has 174 valence electrons. The Balaban J connectivity index is 1.49. The maximum atomic E-state index is 13.2. The van der Waals surface area contributed by atoms with E-state index in [1.165, 1.54) is 21.3 Å². The van der Waals surface area contributed by atoms with Crippen molar-refractivity contribution in [2.45, 2.75) is 13.5 Å². The molecule has 1 aromatic heterocycles. The van der Waals surface area contributed by atoms with Crippen LogP contribution in [0.2, 0.25) is 0 Å². The summed E-state index contributed by atoms with van der Waals surface area (Å²) in [4.78, 5) is 31.8. The van der Waals surface area contributed by atoms with Crippen LogP contribution in [0.25, 0.3) is 6.08 Å². The summed E-state index contributed by atoms with van der Waals surface area (Å²) in [5.41, 5.74) is 2.97. The predicted molar refractivity (Wildman–Crippen MR) is 130 cm³/mol. The lowest BCUT2D eigenvalue weighted by atomic mass is 10.1. The van der Waals surface area contributed by atoms with Gasteiger partial charge in [0.15, 0.2) is 5.17 Å². The first-order valence-corrected chi connectivity index (χ1v) is 11.6. The number of para-hydroxylation sites is 1. The third-order valence-corrected chi connectivity index (χ3v) is 5.76. The van der Waals surface area contributed by atoms with Gasteiger partial charge in [-0.3, -0.25) is 24.3 Å². The summed E-state index contributed by atoms with van der Waals surface area (Å²) in [6, 6.07) is 17.1. The number of ether oxygens (including phenoxy) is 1. The average Bonchev–Trinajstić information content (AvgIpc) is 3.40. The molecule has 0 radical (unpaired) electrons. The molecule has 1 N–H and O–H groups in total. The number of hydrogen-bond donors (Lipinski definition) is 1. The number of amidine groups is 1. The van der Waals surface area contributed by atoms with Crippen LogP contribution in [0.3, 0.4) is 0 Å². The van der Waals surface area contributed by atoms with Crippen LogP contribution in [0.5, 0.6) is 0 Å². The summed E-state index contributed by atoms with van der Waals surface area (Å²) in [5.74, 6) is -0.290. The van der Waals surface area contributed by atoms with Gasteiger partial charge in [-0.2, -0.15) is 0 Å². The van der Waals surface area contributed by atoms with Gasteiger partial charge >= 0.3 is 5.88 Å². The number of carbonyl (C=O) groups is 2. The molecule has 0 saturated carbocycles. The molecule has 1 aliphatic heterocycles. The maximum absolute atomic E-state index is 13.2. The predicted octanol–water partition coefficient (Wildman–Crippen LogP) is 3.03. The van der Waals surface area contributed by atoms with Crippen LogP contribution in [0.1, 0.15) is 11.1 Å². The van der Waals surface area contributed by atoms with Crippen molar-refractivity contribution in [2.75, 3.05) is 29.7 Å². The average molecular weight is 479 g/mol. The van der Waals surface area contributed by atoms with Gasteiger partial charge in [-0.25, -0.2) is 4.99 Å². The normalized spacial score (nSPS) is 14.5. The molecule has 4 rings (SSSR count). The SMILES string of the molecule is COCC[n+]1cc(NC(=O)CSC2=N/C(=C/c3cccc(C)c3)C(=O)N2c2ccccc2)on1. The summed E-state index contributed by atoms with van der Waals surface area (Å²) in [6.07, 6.45) is 3.34. The number of nitrogens with one attached hydrogen (secondary N) is 1. The molecule has 2 aromatic carbocycles. The third kappa shape index (κ3) is 5.77. The number of carbonyl (C=O) groups excluding carboxylic acids is 2. The van der Waals surface area contributed by atoms with E-state index in [-0.39, 0.29) is 23.5 Å². The van der Waals surface area contributed by atoms with Crippen LogP contribution in [0.15, 0.2) is 76.0 Å². The summed E-state index contributed by atoms with van der Waals surface area (Å²) in [7, 11) is 1.59. The van der Waals surface area contributed by atoms with E-state index < -0.39 is 0 Å². The van der Waals surface area contributed by atoms with Crippen molar-refractivity contribution in [3.8, 4) is 0 Å². The van der Waals surface area contributed by atoms with Gasteiger partial charge in [0.2, 0.25) is 17.7 Å². The van der Waals surface area contributed by atoms with Crippen molar-refractivity contribution in [2.24, 2.45) is 4.99 Å². The molecule has 10 heteroatoms. The number of aromatic nitrogens is 2. The van der Waals surface area contributed by atoms with Gasteiger partial charge in [0, 0.05) is 7.11 Å². The number of aliphatic imine (C=N–C) groups is 1. The van der Waals surface area contributed by atoms with Crippen LogP contribution in [0, 0.1) is 6.92 Å². The van der Waals surface area contributed by atoms with Gasteiger partial charge in [0.1, 0.15) is 12.3 Å². The van der Waals surface area contributed by atoms with Crippen LogP contribution >= 0.6 is 11.8 Å². The van der Waals surface area contributed by atoms with E-state index in [0.717, 1.165) is 11.1 Å². The molecule has 2 heterocycles. The summed E-state index contributed by atoms with van der Waals surface area (Å²) in [6.45, 7) is 2.97. The van der Waals surface area contributed by atoms with Crippen molar-refractivity contribution in [1.82, 2.24) is 5.27 Å². The lowest BCUT2D eigenvalue weighted by Gasteiger charge is -2.17. The minimum absolute atomic E-state index is 0.0337. The number of benzene rings is 2. The van der Waals surface area contributed by atoms with E-state index >= 15 is 0 Å². The molecule has 2 amide bonds. The smallest absolute Gasteiger partial charge is 0.302 e. The van der Waals surface area contributed by atoms with E-state index in [4.69, 9.17) is 9.26 Å². The molecular weight excluding hydrogens is 454 g/mol. The zero-order valence-corrected chi connectivity index (χ0v) is 19.6. The number of methoxy groups -OCH3 is 1. The molecule has 0 aliphatic carbocycles. The van der Waals surface area contributed by atoms with Crippen molar-refractivity contribution in [3.63, 3.8) is 0 Å². The first-order valence-electron chi connectivity index (χ1n) is 10.6. The van der Waals surface area contributed by atoms with Crippen molar-refractivity contribution < 1.29 is 23.5 Å². The standard InChI is InChI=1S/C24H23N5O4S/c1-17-7-6-8-18(13-17)14-20-23(31)29(19-9-4-3-5-10-19)24(25-20)34-16-21(30)26-22-15-28(27-33-22)11-12-32-2/h3-10,13-15H,11-12,16H2,1-2H3/p+1/b20-14+. The molecular formula is C24H24N5O4S+. The largest absolute Gasteiger partial charge is 0.378 e. The Morgan fingerprint density at radius 3 is 2.82 bits per heavy atom. The van der Waals surface area contributed by atoms with Gasteiger partial charge in [-0.15, -0.1) is 0 Å². The second-order valence-corrected chi connectivity index (χ2v) is 8.42. The van der Waals surface area contributed by atoms with Crippen LogP contribution in [0.4, 0.5) is 11.6 Å². The Hall–Kier alpha value is -3.76. The summed E-state index contributed by atoms with van der Waals surface area (Å²) in [5, 5.41) is 6.91. The molecule has 0 fully saturated rings. The highest BCUT2D eigenvalue weighted by molar-refractivity contribution is 8.14. The van der Waals surface area contributed by atoms with Crippen LogP contribution in [-0.2, 0) is 20.9 Å². The highest BCUT2D eigenvalue weighted by Gasteiger charge is 2.32. The zero-order valence-electron chi connectivity index (χ0n) is 18.8. The number of anilines is 2. The van der Waals surface area contributed by atoms with Crippen molar-refractivity contribution in [3.05, 3.63) is 77.6 Å². The first kappa shape index (κ1) is 23.4. The van der Waals surface area contributed by atoms with E-state index in [1.807, 2.05) is 61.5 Å². The fourth-order valence-electron chi connectivity index (χ4n) is 3.24. The van der Waals surface area contributed by atoms with Gasteiger partial charge < -0.3 is 4.74 Å². The Kier molecular flexibility index (Phi) is 7.51. The molecule has 3 aromatic rings. The highest BCUT2D eigenvalue weighted by Crippen LogP contribution is 2.29. The molecule has 0 spiro atoms. The van der Waals surface area contributed by atoms with Gasteiger partial charge in [0.05, 0.1) is 11.4 Å². The van der Waals surface area contributed by atoms with Crippen molar-refractivity contribution in [1.29, 1.82) is 0 Å². The van der Waals surface area contributed by atoms with E-state index in [2.05, 4.69) is 15.6 Å². The molecule has 9 nitrogen and oxygen atoms in total. The highest BCUT2D eigenvalue weighted by atomic mass is 32.2. The lowest BCUT2D eigenvalue weighted by molar-refractivity contribution is -0.763. The monoisotopic (exact) mass is 478 g/mol. The second-order valence-electron chi connectivity index (χ2n) is 7.47. The Morgan fingerprint density at radius 2 is 2.06 bits per heavy atom. The van der Waals surface area contributed by atoms with Gasteiger partial charge in [-0.1, -0.05) is 59.8 Å². The first-order chi connectivity index (χ1) is 16.5. The lowest BCUT2D eigenvalue weighted by Crippen LogP contribution is -2.36. The van der Waals surface area contributed by atoms with Gasteiger partial charge in [0.25, 0.3) is 12.1 Å². The maximum Gasteiger partial charge on any atom is 0.302 e. The number of hydrogen-bond acceptors (Lipinski definition) is 7. The van der Waals surface area contributed by atoms with E-state index in [9.17, 15) is 9.59 Å². The zero-order chi connectivity index (χ0) is 23.9. The summed E-state index contributed by atoms with van der Waals surface area (Å²) < 4.78 is 11.6. The van der Waals surface area contributed by atoms with Crippen LogP contribution < -0.4 is 14.9 Å². The number of rotatable bonds is 8. The Morgan fingerprint density at radius 1 is 1.24 bits per heavy atom. The third-order valence-electron chi connectivity index (χ3n) is 4.82. The number of aryl methyl sites for hydroxylation is 1. The van der Waals surface area contributed by atoms with E-state index in [1.54, 1.807) is 19.4 Å². The Bertz CT molecular complexity index is 1240. The number of nitrogens with zero attached hydrogens (tertiary/aromatic N) is 4.